The Morgan fingerprint density at radius 2 is 2.20 bits per heavy atom. The van der Waals surface area contributed by atoms with E-state index in [0.29, 0.717) is 0 Å². The van der Waals surface area contributed by atoms with E-state index in [9.17, 15) is 0 Å². The lowest BCUT2D eigenvalue weighted by Crippen LogP contribution is -2.47. The summed E-state index contributed by atoms with van der Waals surface area (Å²) in [6.45, 7) is 7.92. The fourth-order valence-corrected chi connectivity index (χ4v) is 3.66. The molecule has 0 bridgehead atoms. The van der Waals surface area contributed by atoms with Crippen LogP contribution in [0.3, 0.4) is 0 Å². The van der Waals surface area contributed by atoms with E-state index in [-0.39, 0.29) is 0 Å². The lowest BCUT2D eigenvalue weighted by atomic mass is 9.69. The lowest BCUT2D eigenvalue weighted by Gasteiger charge is -2.43. The SMILES string of the molecule is CCNC1CC(c2ccc(CC)s2)C1C. The normalized spacial score (nSPS) is 30.2. The number of thiophene rings is 1. The summed E-state index contributed by atoms with van der Waals surface area (Å²) in [4.78, 5) is 3.14. The number of nitrogens with one attached hydrogen (secondary N) is 1. The molecule has 1 N–H and O–H groups in total. The van der Waals surface area contributed by atoms with Crippen LogP contribution in [0.15, 0.2) is 12.1 Å². The average molecular weight is 223 g/mol. The maximum Gasteiger partial charge on any atom is 0.0105 e. The molecule has 3 unspecified atom stereocenters. The molecule has 2 rings (SSSR count). The molecule has 3 atom stereocenters. The van der Waals surface area contributed by atoms with Crippen molar-refractivity contribution in [1.82, 2.24) is 5.32 Å². The summed E-state index contributed by atoms with van der Waals surface area (Å²) in [7, 11) is 0. The minimum Gasteiger partial charge on any atom is -0.314 e. The van der Waals surface area contributed by atoms with Gasteiger partial charge in [-0.1, -0.05) is 20.8 Å². The molecule has 1 heterocycles. The molecule has 1 saturated carbocycles. The molecule has 15 heavy (non-hydrogen) atoms. The van der Waals surface area contributed by atoms with Gasteiger partial charge in [-0.3, -0.25) is 0 Å². The monoisotopic (exact) mass is 223 g/mol. The van der Waals surface area contributed by atoms with Crippen molar-refractivity contribution in [2.75, 3.05) is 6.54 Å². The van der Waals surface area contributed by atoms with E-state index in [0.717, 1.165) is 24.4 Å². The van der Waals surface area contributed by atoms with Gasteiger partial charge in [0.2, 0.25) is 0 Å². The van der Waals surface area contributed by atoms with Gasteiger partial charge in [0.15, 0.2) is 0 Å². The number of hydrogen-bond acceptors (Lipinski definition) is 2. The number of aryl methyl sites for hydroxylation is 1. The summed E-state index contributed by atoms with van der Waals surface area (Å²) in [6.07, 6.45) is 2.51. The molecule has 84 valence electrons. The smallest absolute Gasteiger partial charge is 0.0105 e. The summed E-state index contributed by atoms with van der Waals surface area (Å²) in [5, 5.41) is 3.56. The second kappa shape index (κ2) is 4.67. The fourth-order valence-electron chi connectivity index (χ4n) is 2.48. The molecule has 1 aromatic heterocycles. The van der Waals surface area contributed by atoms with Crippen molar-refractivity contribution in [3.8, 4) is 0 Å². The molecule has 0 saturated heterocycles. The van der Waals surface area contributed by atoms with E-state index in [1.54, 1.807) is 4.88 Å². The van der Waals surface area contributed by atoms with Crippen LogP contribution in [0.1, 0.15) is 42.9 Å². The quantitative estimate of drug-likeness (QED) is 0.825. The van der Waals surface area contributed by atoms with Gasteiger partial charge in [0.05, 0.1) is 0 Å². The third kappa shape index (κ3) is 2.11. The van der Waals surface area contributed by atoms with Crippen molar-refractivity contribution in [2.45, 2.75) is 45.6 Å². The average Bonchev–Trinajstić information content (AvgIpc) is 2.71. The standard InChI is InChI=1S/C13H21NS/c1-4-10-6-7-13(15-10)11-8-12(9(11)3)14-5-2/h6-7,9,11-12,14H,4-5,8H2,1-3H3. The number of rotatable bonds is 4. The first kappa shape index (κ1) is 11.2. The highest BCUT2D eigenvalue weighted by Gasteiger charge is 2.38. The molecular formula is C13H21NS. The van der Waals surface area contributed by atoms with Crippen molar-refractivity contribution in [3.63, 3.8) is 0 Å². The predicted octanol–water partition coefficient (Wildman–Crippen LogP) is 3.41. The Kier molecular flexibility index (Phi) is 3.47. The Balaban J connectivity index is 1.96. The van der Waals surface area contributed by atoms with E-state index in [1.165, 1.54) is 17.7 Å². The lowest BCUT2D eigenvalue weighted by molar-refractivity contribution is 0.190. The Bertz CT molecular complexity index is 318. The van der Waals surface area contributed by atoms with Crippen LogP contribution in [-0.4, -0.2) is 12.6 Å². The molecule has 0 radical (unpaired) electrons. The molecule has 1 nitrogen and oxygen atoms in total. The van der Waals surface area contributed by atoms with Gasteiger partial charge in [-0.25, -0.2) is 0 Å². The molecule has 1 aliphatic rings. The third-order valence-electron chi connectivity index (χ3n) is 3.64. The Hall–Kier alpha value is -0.340. The van der Waals surface area contributed by atoms with Crippen molar-refractivity contribution in [1.29, 1.82) is 0 Å². The van der Waals surface area contributed by atoms with Crippen LogP contribution < -0.4 is 5.32 Å². The first-order valence-corrected chi connectivity index (χ1v) is 6.89. The van der Waals surface area contributed by atoms with Crippen LogP contribution in [0.2, 0.25) is 0 Å². The van der Waals surface area contributed by atoms with E-state index < -0.39 is 0 Å². The highest BCUT2D eigenvalue weighted by Crippen LogP contribution is 2.44. The largest absolute Gasteiger partial charge is 0.314 e. The van der Waals surface area contributed by atoms with E-state index in [1.807, 2.05) is 11.3 Å². The Morgan fingerprint density at radius 3 is 2.73 bits per heavy atom. The van der Waals surface area contributed by atoms with Crippen molar-refractivity contribution < 1.29 is 0 Å². The zero-order valence-electron chi connectivity index (χ0n) is 9.92. The summed E-state index contributed by atoms with van der Waals surface area (Å²) >= 11 is 2.01. The maximum absolute atomic E-state index is 3.56. The summed E-state index contributed by atoms with van der Waals surface area (Å²) in [6, 6.07) is 5.40. The zero-order chi connectivity index (χ0) is 10.8. The van der Waals surface area contributed by atoms with Crippen LogP contribution in [0, 0.1) is 5.92 Å². The minimum absolute atomic E-state index is 0.757. The molecule has 0 spiro atoms. The van der Waals surface area contributed by atoms with E-state index in [4.69, 9.17) is 0 Å². The van der Waals surface area contributed by atoms with Gasteiger partial charge in [-0.15, -0.1) is 11.3 Å². The van der Waals surface area contributed by atoms with Gasteiger partial charge in [0.1, 0.15) is 0 Å². The fraction of sp³-hybridized carbons (Fsp3) is 0.692. The topological polar surface area (TPSA) is 12.0 Å². The molecule has 1 fully saturated rings. The second-order valence-electron chi connectivity index (χ2n) is 4.52. The maximum atomic E-state index is 3.56. The van der Waals surface area contributed by atoms with Crippen LogP contribution in [0.5, 0.6) is 0 Å². The highest BCUT2D eigenvalue weighted by molar-refractivity contribution is 7.12. The molecule has 1 aromatic rings. The highest BCUT2D eigenvalue weighted by atomic mass is 32.1. The molecule has 0 aliphatic heterocycles. The van der Waals surface area contributed by atoms with E-state index >= 15 is 0 Å². The molecule has 0 amide bonds. The van der Waals surface area contributed by atoms with Gasteiger partial charge >= 0.3 is 0 Å². The molecular weight excluding hydrogens is 202 g/mol. The summed E-state index contributed by atoms with van der Waals surface area (Å²) in [5.41, 5.74) is 0. The minimum atomic E-state index is 0.757. The molecule has 0 aromatic carbocycles. The Labute approximate surface area is 96.9 Å². The third-order valence-corrected chi connectivity index (χ3v) is 5.00. The van der Waals surface area contributed by atoms with Gasteiger partial charge in [0.25, 0.3) is 0 Å². The van der Waals surface area contributed by atoms with Crippen LogP contribution >= 0.6 is 11.3 Å². The van der Waals surface area contributed by atoms with Gasteiger partial charge in [-0.05, 0) is 43.4 Å². The van der Waals surface area contributed by atoms with E-state index in [2.05, 4.69) is 38.2 Å². The first-order chi connectivity index (χ1) is 7.26. The number of hydrogen-bond donors (Lipinski definition) is 1. The van der Waals surface area contributed by atoms with Crippen LogP contribution in [-0.2, 0) is 6.42 Å². The summed E-state index contributed by atoms with van der Waals surface area (Å²) < 4.78 is 0. The predicted molar refractivity (Wildman–Crippen MR) is 67.7 cm³/mol. The summed E-state index contributed by atoms with van der Waals surface area (Å²) in [5.74, 6) is 1.63. The first-order valence-electron chi connectivity index (χ1n) is 6.08. The van der Waals surface area contributed by atoms with Crippen LogP contribution in [0.25, 0.3) is 0 Å². The van der Waals surface area contributed by atoms with Crippen LogP contribution in [0.4, 0.5) is 0 Å². The second-order valence-corrected chi connectivity index (χ2v) is 5.72. The zero-order valence-corrected chi connectivity index (χ0v) is 10.7. The van der Waals surface area contributed by atoms with Gasteiger partial charge < -0.3 is 5.32 Å². The van der Waals surface area contributed by atoms with Crippen molar-refractivity contribution in [2.24, 2.45) is 5.92 Å². The Morgan fingerprint density at radius 1 is 1.40 bits per heavy atom. The van der Waals surface area contributed by atoms with Gasteiger partial charge in [0, 0.05) is 15.8 Å². The van der Waals surface area contributed by atoms with Crippen molar-refractivity contribution >= 4 is 11.3 Å². The van der Waals surface area contributed by atoms with Gasteiger partial charge in [-0.2, -0.15) is 0 Å². The van der Waals surface area contributed by atoms with Crippen molar-refractivity contribution in [3.05, 3.63) is 21.9 Å². The molecule has 1 aliphatic carbocycles. The molecule has 2 heteroatoms.